The third-order valence-electron chi connectivity index (χ3n) is 3.00. The second-order valence-electron chi connectivity index (χ2n) is 4.78. The van der Waals surface area contributed by atoms with E-state index in [0.717, 1.165) is 18.7 Å². The van der Waals surface area contributed by atoms with E-state index in [2.05, 4.69) is 12.2 Å². The van der Waals surface area contributed by atoms with Crippen LogP contribution in [0.25, 0.3) is 0 Å². The highest BCUT2D eigenvalue weighted by atomic mass is 16.5. The smallest absolute Gasteiger partial charge is 0.260 e. The first-order valence-electron chi connectivity index (χ1n) is 7.23. The third kappa shape index (κ3) is 6.85. The van der Waals surface area contributed by atoms with Gasteiger partial charge in [-0.1, -0.05) is 50.8 Å². The number of nitrogens with one attached hydrogen (secondary N) is 1. The Labute approximate surface area is 116 Å². The van der Waals surface area contributed by atoms with Crippen molar-refractivity contribution >= 4 is 5.91 Å². The molecule has 0 saturated heterocycles. The van der Waals surface area contributed by atoms with E-state index in [4.69, 9.17) is 4.74 Å². The molecule has 1 amide bonds. The summed E-state index contributed by atoms with van der Waals surface area (Å²) in [6, 6.07) is 9.43. The maximum atomic E-state index is 11.8. The molecular formula is C16H25NO2. The van der Waals surface area contributed by atoms with E-state index in [0.29, 0.717) is 0 Å². The van der Waals surface area contributed by atoms with Crippen molar-refractivity contribution in [3.63, 3.8) is 0 Å². The van der Waals surface area contributed by atoms with Crippen LogP contribution in [0.3, 0.4) is 0 Å². The average molecular weight is 263 g/mol. The number of amides is 1. The van der Waals surface area contributed by atoms with Crippen molar-refractivity contribution in [1.82, 2.24) is 5.32 Å². The third-order valence-corrected chi connectivity index (χ3v) is 3.00. The van der Waals surface area contributed by atoms with E-state index in [-0.39, 0.29) is 5.91 Å². The fourth-order valence-corrected chi connectivity index (χ4v) is 1.84. The van der Waals surface area contributed by atoms with Crippen LogP contribution >= 0.6 is 0 Å². The van der Waals surface area contributed by atoms with Crippen molar-refractivity contribution in [1.29, 1.82) is 0 Å². The number of rotatable bonds is 9. The number of unbranched alkanes of at least 4 members (excludes halogenated alkanes) is 4. The summed E-state index contributed by atoms with van der Waals surface area (Å²) in [5, 5.41) is 2.92. The van der Waals surface area contributed by atoms with Gasteiger partial charge in [0.25, 0.3) is 5.91 Å². The minimum atomic E-state index is -0.446. The lowest BCUT2D eigenvalue weighted by atomic mass is 10.1. The molecule has 0 saturated carbocycles. The van der Waals surface area contributed by atoms with Gasteiger partial charge in [0, 0.05) is 6.54 Å². The van der Waals surface area contributed by atoms with Crippen molar-refractivity contribution in [3.8, 4) is 5.75 Å². The first kappa shape index (κ1) is 15.5. The van der Waals surface area contributed by atoms with Crippen molar-refractivity contribution in [2.24, 2.45) is 0 Å². The highest BCUT2D eigenvalue weighted by Gasteiger charge is 2.13. The topological polar surface area (TPSA) is 38.3 Å². The molecule has 0 spiro atoms. The first-order valence-corrected chi connectivity index (χ1v) is 7.23. The number of para-hydroxylation sites is 1. The van der Waals surface area contributed by atoms with E-state index in [1.807, 2.05) is 30.3 Å². The van der Waals surface area contributed by atoms with E-state index < -0.39 is 6.10 Å². The van der Waals surface area contributed by atoms with Crippen LogP contribution in [0.1, 0.15) is 46.0 Å². The molecule has 0 fully saturated rings. The number of benzene rings is 1. The molecule has 0 aliphatic heterocycles. The van der Waals surface area contributed by atoms with Crippen LogP contribution < -0.4 is 10.1 Å². The largest absolute Gasteiger partial charge is 0.481 e. The Morgan fingerprint density at radius 1 is 1.16 bits per heavy atom. The van der Waals surface area contributed by atoms with Gasteiger partial charge in [-0.3, -0.25) is 4.79 Å². The SMILES string of the molecule is CCCCCCCNC(=O)C(C)Oc1ccccc1. The number of carbonyl (C=O) groups excluding carboxylic acids is 1. The highest BCUT2D eigenvalue weighted by molar-refractivity contribution is 5.80. The number of ether oxygens (including phenoxy) is 1. The summed E-state index contributed by atoms with van der Waals surface area (Å²) >= 11 is 0. The summed E-state index contributed by atoms with van der Waals surface area (Å²) in [5.41, 5.74) is 0. The van der Waals surface area contributed by atoms with Crippen LogP contribution in [0.5, 0.6) is 5.75 Å². The van der Waals surface area contributed by atoms with Crippen LogP contribution in [0.2, 0.25) is 0 Å². The van der Waals surface area contributed by atoms with Crippen LogP contribution in [-0.2, 0) is 4.79 Å². The lowest BCUT2D eigenvalue weighted by molar-refractivity contribution is -0.127. The Kier molecular flexibility index (Phi) is 7.71. The number of carbonyl (C=O) groups is 1. The maximum absolute atomic E-state index is 11.8. The zero-order chi connectivity index (χ0) is 13.9. The van der Waals surface area contributed by atoms with Crippen LogP contribution in [0.15, 0.2) is 30.3 Å². The van der Waals surface area contributed by atoms with E-state index in [1.165, 1.54) is 25.7 Å². The molecule has 1 aromatic carbocycles. The van der Waals surface area contributed by atoms with Crippen molar-refractivity contribution in [3.05, 3.63) is 30.3 Å². The molecular weight excluding hydrogens is 238 g/mol. The Balaban J connectivity index is 2.15. The zero-order valence-corrected chi connectivity index (χ0v) is 12.0. The molecule has 0 bridgehead atoms. The van der Waals surface area contributed by atoms with Crippen molar-refractivity contribution < 1.29 is 9.53 Å². The Morgan fingerprint density at radius 2 is 1.84 bits per heavy atom. The van der Waals surface area contributed by atoms with Crippen LogP contribution in [-0.4, -0.2) is 18.6 Å². The minimum absolute atomic E-state index is 0.0423. The van der Waals surface area contributed by atoms with Crippen molar-refractivity contribution in [2.45, 2.75) is 52.1 Å². The van der Waals surface area contributed by atoms with E-state index in [1.54, 1.807) is 6.92 Å². The molecule has 0 aliphatic rings. The highest BCUT2D eigenvalue weighted by Crippen LogP contribution is 2.10. The molecule has 0 heterocycles. The van der Waals surface area contributed by atoms with Crippen molar-refractivity contribution in [2.75, 3.05) is 6.54 Å². The fraction of sp³-hybridized carbons (Fsp3) is 0.562. The van der Waals surface area contributed by atoms with E-state index in [9.17, 15) is 4.79 Å². The monoisotopic (exact) mass is 263 g/mol. The van der Waals surface area contributed by atoms with Crippen LogP contribution in [0, 0.1) is 0 Å². The summed E-state index contributed by atoms with van der Waals surface area (Å²) in [4.78, 5) is 11.8. The number of hydrogen-bond acceptors (Lipinski definition) is 2. The zero-order valence-electron chi connectivity index (χ0n) is 12.0. The Bertz CT molecular complexity index is 351. The van der Waals surface area contributed by atoms with Gasteiger partial charge in [-0.15, -0.1) is 0 Å². The summed E-state index contributed by atoms with van der Waals surface area (Å²) in [6.45, 7) is 4.72. The predicted octanol–water partition coefficient (Wildman–Crippen LogP) is 3.54. The molecule has 106 valence electrons. The van der Waals surface area contributed by atoms with Crippen LogP contribution in [0.4, 0.5) is 0 Å². The molecule has 1 unspecified atom stereocenters. The van der Waals surface area contributed by atoms with Gasteiger partial charge in [-0.2, -0.15) is 0 Å². The molecule has 0 aromatic heterocycles. The van der Waals surface area contributed by atoms with Gasteiger partial charge >= 0.3 is 0 Å². The lowest BCUT2D eigenvalue weighted by Crippen LogP contribution is -2.36. The summed E-state index contributed by atoms with van der Waals surface area (Å²) in [6.07, 6.45) is 5.56. The molecule has 3 heteroatoms. The number of hydrogen-bond donors (Lipinski definition) is 1. The molecule has 1 N–H and O–H groups in total. The van der Waals surface area contributed by atoms with Gasteiger partial charge in [-0.25, -0.2) is 0 Å². The quantitative estimate of drug-likeness (QED) is 0.692. The summed E-state index contributed by atoms with van der Waals surface area (Å²) < 4.78 is 5.56. The second kappa shape index (κ2) is 9.42. The molecule has 1 aromatic rings. The summed E-state index contributed by atoms with van der Waals surface area (Å²) in [5.74, 6) is 0.687. The molecule has 1 atom stereocenters. The van der Waals surface area contributed by atoms with E-state index >= 15 is 0 Å². The molecule has 1 rings (SSSR count). The van der Waals surface area contributed by atoms with Gasteiger partial charge in [0.05, 0.1) is 0 Å². The second-order valence-corrected chi connectivity index (χ2v) is 4.78. The normalized spacial score (nSPS) is 11.9. The molecule has 19 heavy (non-hydrogen) atoms. The van der Waals surface area contributed by atoms with Gasteiger partial charge in [0.2, 0.25) is 0 Å². The predicted molar refractivity (Wildman–Crippen MR) is 78.3 cm³/mol. The Morgan fingerprint density at radius 3 is 2.53 bits per heavy atom. The fourth-order valence-electron chi connectivity index (χ4n) is 1.84. The maximum Gasteiger partial charge on any atom is 0.260 e. The molecule has 3 nitrogen and oxygen atoms in total. The lowest BCUT2D eigenvalue weighted by Gasteiger charge is -2.14. The van der Waals surface area contributed by atoms with Gasteiger partial charge in [0.1, 0.15) is 5.75 Å². The molecule has 0 radical (unpaired) electrons. The molecule has 0 aliphatic carbocycles. The van der Waals surface area contributed by atoms with Gasteiger partial charge < -0.3 is 10.1 Å². The standard InChI is InChI=1S/C16H25NO2/c1-3-4-5-6-10-13-17-16(18)14(2)19-15-11-8-7-9-12-15/h7-9,11-12,14H,3-6,10,13H2,1-2H3,(H,17,18). The average Bonchev–Trinajstić information content (AvgIpc) is 2.43. The minimum Gasteiger partial charge on any atom is -0.481 e. The van der Waals surface area contributed by atoms with Gasteiger partial charge in [0.15, 0.2) is 6.10 Å². The Hall–Kier alpha value is -1.51. The first-order chi connectivity index (χ1) is 9.24. The van der Waals surface area contributed by atoms with Gasteiger partial charge in [-0.05, 0) is 25.5 Å². The summed E-state index contributed by atoms with van der Waals surface area (Å²) in [7, 11) is 0.